The van der Waals surface area contributed by atoms with Crippen molar-refractivity contribution in [3.63, 3.8) is 0 Å². The highest BCUT2D eigenvalue weighted by Crippen LogP contribution is 2.31. The second-order valence-corrected chi connectivity index (χ2v) is 13.5. The molecule has 4 amide bonds. The standard InChI is InChI=1S/C35H47F2N7O8/c1-34(2,3)52-33(48)40-9-16-49-17-18-50-23-31(46)43-13-11-42(12-14-43)10-4-15-51-26-5-6-29-28(19-26)27(7-8-39-29)32(47)41-22-30(45)44-24-35(36,37)20-25(44)21-38/h5-8,19,25H,4,9-18,20,22-24H2,1-3H3,(H,40,48)(H,41,47)/t25-/m0/s1. The minimum atomic E-state index is -3.14. The first-order chi connectivity index (χ1) is 24.7. The van der Waals surface area contributed by atoms with Crippen LogP contribution in [0.1, 0.15) is 44.0 Å². The van der Waals surface area contributed by atoms with Gasteiger partial charge in [0.05, 0.1) is 56.7 Å². The van der Waals surface area contributed by atoms with Gasteiger partial charge in [-0.3, -0.25) is 24.3 Å². The smallest absolute Gasteiger partial charge is 0.407 e. The maximum atomic E-state index is 13.7. The van der Waals surface area contributed by atoms with Crippen molar-refractivity contribution in [3.05, 3.63) is 36.0 Å². The van der Waals surface area contributed by atoms with E-state index in [0.29, 0.717) is 56.1 Å². The predicted molar refractivity (Wildman–Crippen MR) is 184 cm³/mol. The first-order valence-corrected chi connectivity index (χ1v) is 17.2. The number of nitriles is 1. The molecule has 52 heavy (non-hydrogen) atoms. The maximum absolute atomic E-state index is 13.7. The number of alkyl halides is 2. The minimum absolute atomic E-state index is 0.0288. The zero-order chi connectivity index (χ0) is 37.7. The number of alkyl carbamates (subject to hydrolysis) is 1. The molecule has 2 N–H and O–H groups in total. The molecule has 1 atom stereocenters. The molecule has 3 heterocycles. The Kier molecular flexibility index (Phi) is 14.4. The molecule has 0 spiro atoms. The van der Waals surface area contributed by atoms with Crippen LogP contribution in [0, 0.1) is 11.3 Å². The highest BCUT2D eigenvalue weighted by atomic mass is 19.3. The van der Waals surface area contributed by atoms with E-state index in [1.165, 1.54) is 12.3 Å². The van der Waals surface area contributed by atoms with Gasteiger partial charge in [0.2, 0.25) is 11.8 Å². The van der Waals surface area contributed by atoms with Gasteiger partial charge in [0, 0.05) is 57.3 Å². The molecule has 284 valence electrons. The maximum Gasteiger partial charge on any atom is 0.407 e. The van der Waals surface area contributed by atoms with Crippen molar-refractivity contribution in [1.82, 2.24) is 30.3 Å². The number of carbonyl (C=O) groups excluding carboxylic acids is 4. The van der Waals surface area contributed by atoms with Crippen molar-refractivity contribution in [2.24, 2.45) is 0 Å². The number of carbonyl (C=O) groups is 4. The molecule has 2 aliphatic heterocycles. The van der Waals surface area contributed by atoms with Gasteiger partial charge in [0.1, 0.15) is 24.0 Å². The number of likely N-dealkylation sites (tertiary alicyclic amines) is 1. The van der Waals surface area contributed by atoms with Gasteiger partial charge in [0.15, 0.2) is 0 Å². The SMILES string of the molecule is CC(C)(C)OC(=O)NCCOCCOCC(=O)N1CCN(CCCOc2ccc3nccc(C(=O)NCC(=O)N4CC(F)(F)C[C@H]4C#N)c3c2)CC1. The third-order valence-corrected chi connectivity index (χ3v) is 8.22. The number of amides is 4. The van der Waals surface area contributed by atoms with Crippen molar-refractivity contribution in [2.75, 3.05) is 85.4 Å². The third-order valence-electron chi connectivity index (χ3n) is 8.22. The largest absolute Gasteiger partial charge is 0.494 e. The lowest BCUT2D eigenvalue weighted by molar-refractivity contribution is -0.138. The zero-order valence-corrected chi connectivity index (χ0v) is 29.8. The molecule has 2 aromatic rings. The summed E-state index contributed by atoms with van der Waals surface area (Å²) >= 11 is 0. The molecule has 2 saturated heterocycles. The Bertz CT molecular complexity index is 1590. The molecular weight excluding hydrogens is 684 g/mol. The van der Waals surface area contributed by atoms with Crippen LogP contribution in [0.2, 0.25) is 0 Å². The average Bonchev–Trinajstić information content (AvgIpc) is 3.43. The van der Waals surface area contributed by atoms with Gasteiger partial charge in [-0.2, -0.15) is 5.26 Å². The lowest BCUT2D eigenvalue weighted by Gasteiger charge is -2.34. The summed E-state index contributed by atoms with van der Waals surface area (Å²) in [5.41, 5.74) is 0.209. The fraction of sp³-hybridized carbons (Fsp3) is 0.600. The van der Waals surface area contributed by atoms with E-state index in [1.807, 2.05) is 0 Å². The number of pyridine rings is 1. The second kappa shape index (κ2) is 18.7. The Balaban J connectivity index is 1.10. The van der Waals surface area contributed by atoms with Gasteiger partial charge in [-0.05, 0) is 51.5 Å². The molecule has 2 aliphatic rings. The number of benzene rings is 1. The van der Waals surface area contributed by atoms with Crippen LogP contribution in [-0.4, -0.2) is 146 Å². The Morgan fingerprint density at radius 3 is 2.48 bits per heavy atom. The van der Waals surface area contributed by atoms with E-state index in [4.69, 9.17) is 24.2 Å². The van der Waals surface area contributed by atoms with Gasteiger partial charge in [0.25, 0.3) is 11.8 Å². The summed E-state index contributed by atoms with van der Waals surface area (Å²) in [6.07, 6.45) is 0.954. The van der Waals surface area contributed by atoms with Crippen LogP contribution in [0.15, 0.2) is 30.5 Å². The summed E-state index contributed by atoms with van der Waals surface area (Å²) in [6.45, 7) is 8.91. The van der Waals surface area contributed by atoms with Crippen molar-refractivity contribution < 1.29 is 46.9 Å². The van der Waals surface area contributed by atoms with Gasteiger partial charge in [-0.25, -0.2) is 13.6 Å². The fourth-order valence-electron chi connectivity index (χ4n) is 5.67. The number of nitrogens with one attached hydrogen (secondary N) is 2. The summed E-state index contributed by atoms with van der Waals surface area (Å²) in [5, 5.41) is 14.7. The molecule has 0 unspecified atom stereocenters. The van der Waals surface area contributed by atoms with Gasteiger partial charge in [-0.15, -0.1) is 0 Å². The van der Waals surface area contributed by atoms with Crippen LogP contribution in [-0.2, 0) is 23.8 Å². The van der Waals surface area contributed by atoms with Crippen LogP contribution in [0.3, 0.4) is 0 Å². The monoisotopic (exact) mass is 731 g/mol. The number of halogens is 2. The number of rotatable bonds is 16. The molecule has 1 aromatic carbocycles. The molecule has 4 rings (SSSR count). The van der Waals surface area contributed by atoms with Crippen molar-refractivity contribution >= 4 is 34.7 Å². The summed E-state index contributed by atoms with van der Waals surface area (Å²) in [6, 6.07) is 7.13. The topological polar surface area (TPSA) is 176 Å². The van der Waals surface area contributed by atoms with Gasteiger partial charge >= 0.3 is 6.09 Å². The Morgan fingerprint density at radius 1 is 1.00 bits per heavy atom. The Hall–Kier alpha value is -4.66. The molecule has 17 heteroatoms. The number of piperazine rings is 1. The highest BCUT2D eigenvalue weighted by molar-refractivity contribution is 6.07. The van der Waals surface area contributed by atoms with Gasteiger partial charge < -0.3 is 39.4 Å². The highest BCUT2D eigenvalue weighted by Gasteiger charge is 2.47. The number of nitrogens with zero attached hydrogens (tertiary/aromatic N) is 5. The van der Waals surface area contributed by atoms with E-state index in [0.717, 1.165) is 31.0 Å². The van der Waals surface area contributed by atoms with E-state index in [2.05, 4.69) is 20.5 Å². The number of hydrogen-bond acceptors (Lipinski definition) is 11. The average molecular weight is 732 g/mol. The van der Waals surface area contributed by atoms with Crippen LogP contribution in [0.25, 0.3) is 10.9 Å². The van der Waals surface area contributed by atoms with Crippen molar-refractivity contribution in [1.29, 1.82) is 5.26 Å². The number of aromatic nitrogens is 1. The molecule has 0 bridgehead atoms. The summed E-state index contributed by atoms with van der Waals surface area (Å²) < 4.78 is 49.5. The molecule has 1 aromatic heterocycles. The lowest BCUT2D eigenvalue weighted by Crippen LogP contribution is -2.50. The van der Waals surface area contributed by atoms with E-state index in [1.54, 1.807) is 49.9 Å². The number of fused-ring (bicyclic) bond motifs is 1. The normalized spacial score (nSPS) is 17.4. The zero-order valence-electron chi connectivity index (χ0n) is 29.8. The second-order valence-electron chi connectivity index (χ2n) is 13.5. The number of hydrogen-bond donors (Lipinski definition) is 2. The van der Waals surface area contributed by atoms with E-state index < -0.39 is 55.0 Å². The molecule has 2 fully saturated rings. The fourth-order valence-corrected chi connectivity index (χ4v) is 5.67. The van der Waals surface area contributed by atoms with Crippen molar-refractivity contribution in [3.8, 4) is 11.8 Å². The van der Waals surface area contributed by atoms with E-state index >= 15 is 0 Å². The van der Waals surface area contributed by atoms with E-state index in [9.17, 15) is 28.0 Å². The first kappa shape index (κ1) is 40.1. The van der Waals surface area contributed by atoms with E-state index in [-0.39, 0.29) is 24.7 Å². The van der Waals surface area contributed by atoms with Gasteiger partial charge in [-0.1, -0.05) is 0 Å². The van der Waals surface area contributed by atoms with Crippen LogP contribution >= 0.6 is 0 Å². The quantitative estimate of drug-likeness (QED) is 0.242. The summed E-state index contributed by atoms with van der Waals surface area (Å²) in [7, 11) is 0. The van der Waals surface area contributed by atoms with Crippen LogP contribution in [0.5, 0.6) is 5.75 Å². The number of ether oxygens (including phenoxy) is 4. The molecule has 15 nitrogen and oxygen atoms in total. The van der Waals surface area contributed by atoms with Crippen LogP contribution < -0.4 is 15.4 Å². The molecule has 0 saturated carbocycles. The Morgan fingerprint density at radius 2 is 1.75 bits per heavy atom. The Labute approximate surface area is 301 Å². The molecular formula is C35H47F2N7O8. The molecule has 0 aliphatic carbocycles. The lowest BCUT2D eigenvalue weighted by atomic mass is 10.1. The summed E-state index contributed by atoms with van der Waals surface area (Å²) in [4.78, 5) is 58.8. The van der Waals surface area contributed by atoms with Crippen molar-refractivity contribution in [2.45, 2.75) is 51.2 Å². The van der Waals surface area contributed by atoms with Crippen LogP contribution in [0.4, 0.5) is 13.6 Å². The predicted octanol–water partition coefficient (Wildman–Crippen LogP) is 2.20. The minimum Gasteiger partial charge on any atom is -0.494 e. The first-order valence-electron chi connectivity index (χ1n) is 17.2. The third kappa shape index (κ3) is 12.5. The molecule has 0 radical (unpaired) electrons. The summed E-state index contributed by atoms with van der Waals surface area (Å²) in [5.74, 6) is -4.04.